The molecule has 0 bridgehead atoms. The van der Waals surface area contributed by atoms with Crippen LogP contribution in [0, 0.1) is 0 Å². The predicted molar refractivity (Wildman–Crippen MR) is 80.1 cm³/mol. The molecule has 4 heteroatoms. The molecule has 0 fully saturated rings. The Bertz CT molecular complexity index is 463. The SMILES string of the molecule is CCN(C(=O)C(=O)N(C)Cc1ccccc1)C(C)(C)C. The summed E-state index contributed by atoms with van der Waals surface area (Å²) in [4.78, 5) is 27.6. The number of nitrogens with zero attached hydrogens (tertiary/aromatic N) is 2. The largest absolute Gasteiger partial charge is 0.333 e. The van der Waals surface area contributed by atoms with E-state index in [4.69, 9.17) is 0 Å². The Kier molecular flexibility index (Phi) is 5.31. The first-order valence-electron chi connectivity index (χ1n) is 6.88. The highest BCUT2D eigenvalue weighted by Crippen LogP contribution is 2.14. The molecule has 0 aliphatic rings. The van der Waals surface area contributed by atoms with Gasteiger partial charge in [-0.3, -0.25) is 9.59 Å². The molecule has 1 rings (SSSR count). The lowest BCUT2D eigenvalue weighted by Gasteiger charge is -2.35. The minimum Gasteiger partial charge on any atom is -0.333 e. The number of benzene rings is 1. The van der Waals surface area contributed by atoms with Crippen LogP contribution < -0.4 is 0 Å². The maximum Gasteiger partial charge on any atom is 0.312 e. The summed E-state index contributed by atoms with van der Waals surface area (Å²) in [5.74, 6) is -0.913. The third kappa shape index (κ3) is 4.08. The molecule has 0 unspecified atom stereocenters. The Morgan fingerprint density at radius 1 is 1.05 bits per heavy atom. The summed E-state index contributed by atoms with van der Waals surface area (Å²) in [5, 5.41) is 0. The van der Waals surface area contributed by atoms with E-state index in [-0.39, 0.29) is 5.54 Å². The number of hydrogen-bond acceptors (Lipinski definition) is 2. The van der Waals surface area contributed by atoms with Crippen molar-refractivity contribution in [1.82, 2.24) is 9.80 Å². The van der Waals surface area contributed by atoms with Gasteiger partial charge in [0.1, 0.15) is 0 Å². The molecule has 110 valence electrons. The van der Waals surface area contributed by atoms with E-state index in [0.29, 0.717) is 13.1 Å². The molecule has 4 nitrogen and oxygen atoms in total. The van der Waals surface area contributed by atoms with Gasteiger partial charge in [0, 0.05) is 25.7 Å². The quantitative estimate of drug-likeness (QED) is 0.795. The molecule has 0 radical (unpaired) electrons. The normalized spacial score (nSPS) is 11.1. The molecule has 0 aliphatic heterocycles. The monoisotopic (exact) mass is 276 g/mol. The number of carbonyl (C=O) groups is 2. The molecule has 0 aliphatic carbocycles. The topological polar surface area (TPSA) is 40.6 Å². The van der Waals surface area contributed by atoms with E-state index in [1.54, 1.807) is 11.9 Å². The van der Waals surface area contributed by atoms with Crippen LogP contribution in [0.15, 0.2) is 30.3 Å². The van der Waals surface area contributed by atoms with Crippen molar-refractivity contribution in [3.8, 4) is 0 Å². The number of amides is 2. The molecule has 0 spiro atoms. The molecule has 0 saturated heterocycles. The summed E-state index contributed by atoms with van der Waals surface area (Å²) in [6.45, 7) is 8.63. The van der Waals surface area contributed by atoms with Crippen LogP contribution in [0.2, 0.25) is 0 Å². The van der Waals surface area contributed by atoms with Crippen LogP contribution in [-0.2, 0) is 16.1 Å². The Morgan fingerprint density at radius 3 is 2.05 bits per heavy atom. The van der Waals surface area contributed by atoms with Crippen LogP contribution >= 0.6 is 0 Å². The van der Waals surface area contributed by atoms with Crippen LogP contribution in [0.1, 0.15) is 33.3 Å². The highest BCUT2D eigenvalue weighted by atomic mass is 16.2. The first kappa shape index (κ1) is 16.2. The Hall–Kier alpha value is -1.84. The van der Waals surface area contributed by atoms with E-state index >= 15 is 0 Å². The zero-order valence-corrected chi connectivity index (χ0v) is 13.0. The summed E-state index contributed by atoms with van der Waals surface area (Å²) in [5.41, 5.74) is 0.657. The van der Waals surface area contributed by atoms with Gasteiger partial charge in [0.25, 0.3) is 0 Å². The highest BCUT2D eigenvalue weighted by molar-refractivity contribution is 6.34. The highest BCUT2D eigenvalue weighted by Gasteiger charge is 2.31. The Labute approximate surface area is 121 Å². The molecule has 20 heavy (non-hydrogen) atoms. The molecule has 0 atom stereocenters. The van der Waals surface area contributed by atoms with Gasteiger partial charge < -0.3 is 9.80 Å². The predicted octanol–water partition coefficient (Wildman–Crippen LogP) is 2.29. The van der Waals surface area contributed by atoms with Crippen molar-refractivity contribution in [2.45, 2.75) is 39.8 Å². The van der Waals surface area contributed by atoms with Gasteiger partial charge in [-0.15, -0.1) is 0 Å². The summed E-state index contributed by atoms with van der Waals surface area (Å²) in [6, 6.07) is 9.64. The van der Waals surface area contributed by atoms with Crippen molar-refractivity contribution in [2.75, 3.05) is 13.6 Å². The van der Waals surface area contributed by atoms with Crippen LogP contribution in [-0.4, -0.2) is 40.7 Å². The zero-order valence-electron chi connectivity index (χ0n) is 13.0. The lowest BCUT2D eigenvalue weighted by atomic mass is 10.1. The van der Waals surface area contributed by atoms with E-state index in [0.717, 1.165) is 5.56 Å². The molecule has 0 N–H and O–H groups in total. The first-order valence-corrected chi connectivity index (χ1v) is 6.88. The van der Waals surface area contributed by atoms with Gasteiger partial charge in [-0.2, -0.15) is 0 Å². The molecule has 1 aromatic rings. The molecule has 2 amide bonds. The molecule has 0 saturated carbocycles. The van der Waals surface area contributed by atoms with Crippen molar-refractivity contribution in [2.24, 2.45) is 0 Å². The second-order valence-electron chi connectivity index (χ2n) is 5.87. The third-order valence-electron chi connectivity index (χ3n) is 3.16. The smallest absolute Gasteiger partial charge is 0.312 e. The van der Waals surface area contributed by atoms with E-state index in [1.165, 1.54) is 4.90 Å². The first-order chi connectivity index (χ1) is 9.27. The number of rotatable bonds is 3. The minimum absolute atomic E-state index is 0.352. The third-order valence-corrected chi connectivity index (χ3v) is 3.16. The van der Waals surface area contributed by atoms with Crippen LogP contribution in [0.25, 0.3) is 0 Å². The van der Waals surface area contributed by atoms with Gasteiger partial charge in [0.2, 0.25) is 0 Å². The molecule has 1 aromatic carbocycles. The van der Waals surface area contributed by atoms with Crippen LogP contribution in [0.5, 0.6) is 0 Å². The minimum atomic E-state index is -0.467. The molecular formula is C16H24N2O2. The lowest BCUT2D eigenvalue weighted by Crippen LogP contribution is -2.51. The second-order valence-corrected chi connectivity index (χ2v) is 5.87. The van der Waals surface area contributed by atoms with Gasteiger partial charge in [-0.05, 0) is 33.3 Å². The van der Waals surface area contributed by atoms with Gasteiger partial charge in [0.05, 0.1) is 0 Å². The molecule has 0 heterocycles. The second kappa shape index (κ2) is 6.55. The number of hydrogen-bond donors (Lipinski definition) is 0. The molecule has 0 aromatic heterocycles. The van der Waals surface area contributed by atoms with Crippen molar-refractivity contribution in [1.29, 1.82) is 0 Å². The maximum absolute atomic E-state index is 12.3. The summed E-state index contributed by atoms with van der Waals surface area (Å²) < 4.78 is 0. The fourth-order valence-electron chi connectivity index (χ4n) is 2.13. The van der Waals surface area contributed by atoms with Gasteiger partial charge in [-0.25, -0.2) is 0 Å². The van der Waals surface area contributed by atoms with Crippen molar-refractivity contribution in [3.63, 3.8) is 0 Å². The zero-order chi connectivity index (χ0) is 15.3. The number of carbonyl (C=O) groups excluding carboxylic acids is 2. The van der Waals surface area contributed by atoms with Crippen LogP contribution in [0.3, 0.4) is 0 Å². The van der Waals surface area contributed by atoms with Gasteiger partial charge >= 0.3 is 11.8 Å². The summed E-state index contributed by atoms with van der Waals surface area (Å²) >= 11 is 0. The van der Waals surface area contributed by atoms with Crippen LogP contribution in [0.4, 0.5) is 0 Å². The van der Waals surface area contributed by atoms with E-state index in [2.05, 4.69) is 0 Å². The van der Waals surface area contributed by atoms with Crippen molar-refractivity contribution in [3.05, 3.63) is 35.9 Å². The Morgan fingerprint density at radius 2 is 1.60 bits per heavy atom. The van der Waals surface area contributed by atoms with E-state index < -0.39 is 11.8 Å². The maximum atomic E-state index is 12.3. The average molecular weight is 276 g/mol. The lowest BCUT2D eigenvalue weighted by molar-refractivity contribution is -0.154. The van der Waals surface area contributed by atoms with Crippen molar-refractivity contribution < 1.29 is 9.59 Å². The van der Waals surface area contributed by atoms with E-state index in [9.17, 15) is 9.59 Å². The fourth-order valence-corrected chi connectivity index (χ4v) is 2.13. The van der Waals surface area contributed by atoms with E-state index in [1.807, 2.05) is 58.0 Å². The average Bonchev–Trinajstić information content (AvgIpc) is 2.38. The van der Waals surface area contributed by atoms with Crippen molar-refractivity contribution >= 4 is 11.8 Å². The standard InChI is InChI=1S/C16H24N2O2/c1-6-18(16(2,3)4)15(20)14(19)17(5)12-13-10-8-7-9-11-13/h7-11H,6,12H2,1-5H3. The fraction of sp³-hybridized carbons (Fsp3) is 0.500. The molecular weight excluding hydrogens is 252 g/mol. The Balaban J connectivity index is 2.76. The number of likely N-dealkylation sites (N-methyl/N-ethyl adjacent to an activating group) is 2. The summed E-state index contributed by atoms with van der Waals surface area (Å²) in [6.07, 6.45) is 0. The van der Waals surface area contributed by atoms with Gasteiger partial charge in [0.15, 0.2) is 0 Å². The summed E-state index contributed by atoms with van der Waals surface area (Å²) in [7, 11) is 1.66. The van der Waals surface area contributed by atoms with Gasteiger partial charge in [-0.1, -0.05) is 30.3 Å².